The highest BCUT2D eigenvalue weighted by molar-refractivity contribution is 7.90. The molecule has 1 heterocycles. The number of hydrogen-bond donors (Lipinski definition) is 0. The number of imidazole rings is 1. The van der Waals surface area contributed by atoms with Crippen LogP contribution >= 0.6 is 0 Å². The number of aryl methyl sites for hydroxylation is 2. The van der Waals surface area contributed by atoms with E-state index in [2.05, 4.69) is 16.1 Å². The SMILES string of the molecule is C=NS(=O)(=O)c1ccc2c(c1)nc(C)n2C. The lowest BCUT2D eigenvalue weighted by Gasteiger charge is -1.99. The van der Waals surface area contributed by atoms with Crippen molar-refractivity contribution in [3.63, 3.8) is 0 Å². The molecule has 0 aliphatic rings. The molecule has 0 spiro atoms. The van der Waals surface area contributed by atoms with Gasteiger partial charge in [-0.1, -0.05) is 0 Å². The first-order valence-electron chi connectivity index (χ1n) is 4.62. The molecule has 0 unspecified atom stereocenters. The molecule has 0 aliphatic carbocycles. The summed E-state index contributed by atoms with van der Waals surface area (Å²) in [6.45, 7) is 4.91. The molecule has 0 amide bonds. The highest BCUT2D eigenvalue weighted by Crippen LogP contribution is 2.20. The summed E-state index contributed by atoms with van der Waals surface area (Å²) in [6, 6.07) is 4.73. The molecule has 2 rings (SSSR count). The van der Waals surface area contributed by atoms with Gasteiger partial charge in [-0.25, -0.2) is 4.98 Å². The highest BCUT2D eigenvalue weighted by Gasteiger charge is 2.13. The first kappa shape index (κ1) is 10.8. The Morgan fingerprint density at radius 3 is 2.75 bits per heavy atom. The van der Waals surface area contributed by atoms with Crippen LogP contribution in [0, 0.1) is 6.92 Å². The van der Waals surface area contributed by atoms with Gasteiger partial charge in [0.2, 0.25) is 0 Å². The van der Waals surface area contributed by atoms with Crippen LogP contribution in [0.1, 0.15) is 5.82 Å². The van der Waals surface area contributed by atoms with Gasteiger partial charge in [-0.3, -0.25) is 0 Å². The van der Waals surface area contributed by atoms with Crippen molar-refractivity contribution in [1.82, 2.24) is 9.55 Å². The lowest BCUT2D eigenvalue weighted by Crippen LogP contribution is -1.95. The van der Waals surface area contributed by atoms with Crippen LogP contribution in [-0.2, 0) is 17.1 Å². The maximum Gasteiger partial charge on any atom is 0.281 e. The predicted octanol–water partition coefficient (Wildman–Crippen LogP) is 1.27. The largest absolute Gasteiger partial charge is 0.331 e. The molecule has 1 aromatic heterocycles. The quantitative estimate of drug-likeness (QED) is 0.739. The van der Waals surface area contributed by atoms with Crippen LogP contribution in [0.4, 0.5) is 0 Å². The molecule has 0 radical (unpaired) electrons. The number of sulfonamides is 1. The summed E-state index contributed by atoms with van der Waals surface area (Å²) in [5.74, 6) is 0.830. The fraction of sp³-hybridized carbons (Fsp3) is 0.200. The van der Waals surface area contributed by atoms with Crippen LogP contribution in [0.15, 0.2) is 27.5 Å². The van der Waals surface area contributed by atoms with Crippen LogP contribution < -0.4 is 0 Å². The average Bonchev–Trinajstić information content (AvgIpc) is 2.54. The molecule has 0 atom stereocenters. The molecule has 1 aromatic carbocycles. The molecule has 2 aromatic rings. The Labute approximate surface area is 93.5 Å². The van der Waals surface area contributed by atoms with Crippen LogP contribution in [0.2, 0.25) is 0 Å². The van der Waals surface area contributed by atoms with Crippen molar-refractivity contribution in [2.24, 2.45) is 11.4 Å². The van der Waals surface area contributed by atoms with E-state index in [-0.39, 0.29) is 4.90 Å². The van der Waals surface area contributed by atoms with Gasteiger partial charge in [0, 0.05) is 13.8 Å². The van der Waals surface area contributed by atoms with Crippen LogP contribution in [0.3, 0.4) is 0 Å². The van der Waals surface area contributed by atoms with Crippen molar-refractivity contribution in [2.75, 3.05) is 0 Å². The van der Waals surface area contributed by atoms with E-state index in [1.165, 1.54) is 12.1 Å². The fourth-order valence-electron chi connectivity index (χ4n) is 1.54. The van der Waals surface area contributed by atoms with Gasteiger partial charge in [-0.2, -0.15) is 12.8 Å². The zero-order valence-corrected chi connectivity index (χ0v) is 9.82. The molecular formula is C10H11N3O2S. The van der Waals surface area contributed by atoms with E-state index in [1.807, 2.05) is 18.5 Å². The van der Waals surface area contributed by atoms with Gasteiger partial charge in [0.15, 0.2) is 0 Å². The maximum absolute atomic E-state index is 11.5. The second kappa shape index (κ2) is 3.41. The van der Waals surface area contributed by atoms with E-state index in [1.54, 1.807) is 6.07 Å². The normalized spacial score (nSPS) is 11.9. The Morgan fingerprint density at radius 2 is 2.12 bits per heavy atom. The van der Waals surface area contributed by atoms with Gasteiger partial charge < -0.3 is 4.57 Å². The average molecular weight is 237 g/mol. The predicted molar refractivity (Wildman–Crippen MR) is 62.2 cm³/mol. The zero-order chi connectivity index (χ0) is 11.9. The molecule has 0 N–H and O–H groups in total. The molecule has 0 saturated heterocycles. The molecule has 0 saturated carbocycles. The Kier molecular flexibility index (Phi) is 2.31. The summed E-state index contributed by atoms with van der Waals surface area (Å²) in [5.41, 5.74) is 1.53. The fourth-order valence-corrected chi connectivity index (χ4v) is 2.18. The molecule has 0 bridgehead atoms. The van der Waals surface area contributed by atoms with Gasteiger partial charge in [0.05, 0.1) is 15.9 Å². The molecule has 16 heavy (non-hydrogen) atoms. The monoisotopic (exact) mass is 237 g/mol. The minimum absolute atomic E-state index is 0.119. The summed E-state index contributed by atoms with van der Waals surface area (Å²) in [5, 5.41) is 0. The minimum atomic E-state index is -3.63. The minimum Gasteiger partial charge on any atom is -0.331 e. The third-order valence-corrected chi connectivity index (χ3v) is 3.73. The smallest absolute Gasteiger partial charge is 0.281 e. The summed E-state index contributed by atoms with van der Waals surface area (Å²) >= 11 is 0. The van der Waals surface area contributed by atoms with E-state index in [9.17, 15) is 8.42 Å². The van der Waals surface area contributed by atoms with Gasteiger partial charge in [0.1, 0.15) is 5.82 Å². The molecule has 6 heteroatoms. The van der Waals surface area contributed by atoms with Gasteiger partial charge in [-0.15, -0.1) is 0 Å². The molecule has 5 nitrogen and oxygen atoms in total. The summed E-state index contributed by atoms with van der Waals surface area (Å²) in [4.78, 5) is 4.38. The van der Waals surface area contributed by atoms with Gasteiger partial charge in [0.25, 0.3) is 10.0 Å². The van der Waals surface area contributed by atoms with E-state index >= 15 is 0 Å². The Hall–Kier alpha value is -1.69. The van der Waals surface area contributed by atoms with Crippen LogP contribution in [0.5, 0.6) is 0 Å². The lowest BCUT2D eigenvalue weighted by molar-refractivity contribution is 0.598. The number of hydrogen-bond acceptors (Lipinski definition) is 3. The summed E-state index contributed by atoms with van der Waals surface area (Å²) in [7, 11) is -1.75. The zero-order valence-electron chi connectivity index (χ0n) is 9.01. The van der Waals surface area contributed by atoms with Crippen molar-refractivity contribution in [3.8, 4) is 0 Å². The van der Waals surface area contributed by atoms with Crippen molar-refractivity contribution in [3.05, 3.63) is 24.0 Å². The maximum atomic E-state index is 11.5. The second-order valence-electron chi connectivity index (χ2n) is 3.47. The highest BCUT2D eigenvalue weighted by atomic mass is 32.2. The first-order valence-corrected chi connectivity index (χ1v) is 6.06. The number of aromatic nitrogens is 2. The van der Waals surface area contributed by atoms with Gasteiger partial charge >= 0.3 is 0 Å². The number of rotatable bonds is 2. The molecule has 84 valence electrons. The number of nitrogens with zero attached hydrogens (tertiary/aromatic N) is 3. The Bertz CT molecular complexity index is 671. The molecule has 0 fully saturated rings. The van der Waals surface area contributed by atoms with E-state index in [4.69, 9.17) is 0 Å². The van der Waals surface area contributed by atoms with Crippen molar-refractivity contribution in [2.45, 2.75) is 11.8 Å². The van der Waals surface area contributed by atoms with Crippen molar-refractivity contribution >= 4 is 27.8 Å². The van der Waals surface area contributed by atoms with Crippen LogP contribution in [0.25, 0.3) is 11.0 Å². The molecular weight excluding hydrogens is 226 g/mol. The number of fused-ring (bicyclic) bond motifs is 1. The standard InChI is InChI=1S/C10H11N3O2S/c1-7-12-9-6-8(16(14,15)11-2)4-5-10(9)13(7)3/h4-6H,2H2,1,3H3. The first-order chi connectivity index (χ1) is 7.45. The second-order valence-corrected chi connectivity index (χ2v) is 5.15. The van der Waals surface area contributed by atoms with E-state index < -0.39 is 10.0 Å². The summed E-state index contributed by atoms with van der Waals surface area (Å²) < 4.78 is 28.0. The summed E-state index contributed by atoms with van der Waals surface area (Å²) in [6.07, 6.45) is 0. The van der Waals surface area contributed by atoms with E-state index in [0.717, 1.165) is 11.3 Å². The van der Waals surface area contributed by atoms with Gasteiger partial charge in [-0.05, 0) is 25.1 Å². The Balaban J connectivity index is 2.75. The van der Waals surface area contributed by atoms with Crippen LogP contribution in [-0.4, -0.2) is 24.7 Å². The topological polar surface area (TPSA) is 64.3 Å². The van der Waals surface area contributed by atoms with Crippen molar-refractivity contribution in [1.29, 1.82) is 0 Å². The third-order valence-electron chi connectivity index (χ3n) is 2.54. The molecule has 0 aliphatic heterocycles. The number of benzene rings is 1. The van der Waals surface area contributed by atoms with E-state index in [0.29, 0.717) is 5.52 Å². The lowest BCUT2D eigenvalue weighted by atomic mass is 10.3. The third kappa shape index (κ3) is 1.51. The Morgan fingerprint density at radius 1 is 1.44 bits per heavy atom. The van der Waals surface area contributed by atoms with Crippen molar-refractivity contribution < 1.29 is 8.42 Å².